The highest BCUT2D eigenvalue weighted by Crippen LogP contribution is 2.44. The number of hydrogen-bond donors (Lipinski definition) is 1. The van der Waals surface area contributed by atoms with Crippen molar-refractivity contribution < 1.29 is 9.53 Å². The van der Waals surface area contributed by atoms with Crippen molar-refractivity contribution in [3.05, 3.63) is 75.8 Å². The molecule has 1 fully saturated rings. The first-order valence-electron chi connectivity index (χ1n) is 12.9. The fraction of sp³-hybridized carbons (Fsp3) is 0.310. The minimum atomic E-state index is -0.309. The number of hydrogen-bond acceptors (Lipinski definition) is 7. The first kappa shape index (κ1) is 27.3. The molecule has 1 amide bonds. The highest BCUT2D eigenvalue weighted by Gasteiger charge is 2.23. The van der Waals surface area contributed by atoms with Crippen molar-refractivity contribution >= 4 is 45.8 Å². The standard InChI is InChI=1S/C29H30Cl2N6O2/c1-4-36-10-12-37(13-11-36)17-20-16-33-27-22(29(38)35-19-6-5-9-32-15-19)8-7-21(28(27)34-20)24-25(30)18(2)14-23(39-3)26(24)31/h5-9,14-16H,4,10-13,17H2,1-3H3,(H,35,38). The number of carbonyl (C=O) groups is 1. The molecule has 8 nitrogen and oxygen atoms in total. The average molecular weight is 566 g/mol. The number of methoxy groups -OCH3 is 1. The maximum Gasteiger partial charge on any atom is 0.257 e. The van der Waals surface area contributed by atoms with E-state index < -0.39 is 0 Å². The Labute approximate surface area is 237 Å². The first-order valence-corrected chi connectivity index (χ1v) is 13.6. The van der Waals surface area contributed by atoms with Crippen molar-refractivity contribution in [2.75, 3.05) is 45.2 Å². The van der Waals surface area contributed by atoms with Gasteiger partial charge >= 0.3 is 0 Å². The maximum atomic E-state index is 13.3. The lowest BCUT2D eigenvalue weighted by atomic mass is 9.98. The van der Waals surface area contributed by atoms with Gasteiger partial charge in [0.1, 0.15) is 11.3 Å². The van der Waals surface area contributed by atoms with Crippen LogP contribution in [0.1, 0.15) is 28.5 Å². The number of anilines is 1. The van der Waals surface area contributed by atoms with Crippen molar-refractivity contribution in [3.63, 3.8) is 0 Å². The number of likely N-dealkylation sites (N-methyl/N-ethyl adjacent to an activating group) is 1. The molecule has 1 aliphatic heterocycles. The summed E-state index contributed by atoms with van der Waals surface area (Å²) in [5, 5.41) is 3.77. The lowest BCUT2D eigenvalue weighted by molar-refractivity contribution is 0.102. The third kappa shape index (κ3) is 5.70. The number of nitrogens with zero attached hydrogens (tertiary/aromatic N) is 5. The molecular weight excluding hydrogens is 535 g/mol. The van der Waals surface area contributed by atoms with Crippen molar-refractivity contribution in [2.45, 2.75) is 20.4 Å². The Morgan fingerprint density at radius 3 is 2.51 bits per heavy atom. The van der Waals surface area contributed by atoms with Gasteiger partial charge in [-0.1, -0.05) is 36.2 Å². The number of piperazine rings is 1. The monoisotopic (exact) mass is 564 g/mol. The second-order valence-corrected chi connectivity index (χ2v) is 10.3. The Balaban J connectivity index is 1.61. The van der Waals surface area contributed by atoms with Crippen molar-refractivity contribution in [3.8, 4) is 16.9 Å². The van der Waals surface area contributed by atoms with Crippen LogP contribution in [0, 0.1) is 6.92 Å². The number of rotatable bonds is 7. The van der Waals surface area contributed by atoms with Crippen LogP contribution in [0.25, 0.3) is 22.2 Å². The molecule has 39 heavy (non-hydrogen) atoms. The predicted molar refractivity (Wildman–Crippen MR) is 156 cm³/mol. The van der Waals surface area contributed by atoms with Crippen LogP contribution in [-0.4, -0.2) is 70.5 Å². The lowest BCUT2D eigenvalue weighted by Gasteiger charge is -2.33. The third-order valence-corrected chi connectivity index (χ3v) is 7.91. The molecule has 4 aromatic rings. The van der Waals surface area contributed by atoms with E-state index in [2.05, 4.69) is 27.0 Å². The highest BCUT2D eigenvalue weighted by molar-refractivity contribution is 6.41. The smallest absolute Gasteiger partial charge is 0.257 e. The van der Waals surface area contributed by atoms with Gasteiger partial charge in [-0.2, -0.15) is 0 Å². The van der Waals surface area contributed by atoms with E-state index in [4.69, 9.17) is 37.9 Å². The van der Waals surface area contributed by atoms with Crippen LogP contribution in [-0.2, 0) is 6.54 Å². The van der Waals surface area contributed by atoms with Crippen LogP contribution in [0.4, 0.5) is 5.69 Å². The zero-order valence-corrected chi connectivity index (χ0v) is 23.7. The van der Waals surface area contributed by atoms with Crippen molar-refractivity contribution in [2.24, 2.45) is 0 Å². The Bertz CT molecular complexity index is 1510. The highest BCUT2D eigenvalue weighted by atomic mass is 35.5. The predicted octanol–water partition coefficient (Wildman–Crippen LogP) is 5.71. The van der Waals surface area contributed by atoms with Gasteiger partial charge in [-0.3, -0.25) is 19.7 Å². The second-order valence-electron chi connectivity index (χ2n) is 9.52. The van der Waals surface area contributed by atoms with Gasteiger partial charge in [0.15, 0.2) is 0 Å². The Morgan fingerprint density at radius 2 is 1.82 bits per heavy atom. The number of ether oxygens (including phenoxy) is 1. The van der Waals surface area contributed by atoms with E-state index in [-0.39, 0.29) is 5.91 Å². The van der Waals surface area contributed by atoms with Gasteiger partial charge in [-0.25, -0.2) is 4.98 Å². The molecule has 0 saturated carbocycles. The molecule has 1 N–H and O–H groups in total. The summed E-state index contributed by atoms with van der Waals surface area (Å²) in [5.41, 5.74) is 4.90. The largest absolute Gasteiger partial charge is 0.495 e. The molecule has 0 atom stereocenters. The van der Waals surface area contributed by atoms with E-state index in [0.29, 0.717) is 55.8 Å². The van der Waals surface area contributed by atoms with E-state index in [1.807, 2.05) is 13.0 Å². The van der Waals surface area contributed by atoms with Gasteiger partial charge in [0.25, 0.3) is 5.91 Å². The van der Waals surface area contributed by atoms with Gasteiger partial charge in [0.05, 0.1) is 52.0 Å². The van der Waals surface area contributed by atoms with E-state index in [1.165, 1.54) is 0 Å². The van der Waals surface area contributed by atoms with E-state index in [0.717, 1.165) is 44.0 Å². The Hall–Kier alpha value is -3.30. The SMILES string of the molecule is CCN1CCN(Cc2cnc3c(C(=O)Nc4cccnc4)ccc(-c4c(Cl)c(C)cc(OC)c4Cl)c3n2)CC1. The quantitative estimate of drug-likeness (QED) is 0.308. The molecule has 0 bridgehead atoms. The molecule has 2 aromatic carbocycles. The second kappa shape index (κ2) is 11.8. The summed E-state index contributed by atoms with van der Waals surface area (Å²) in [6.45, 7) is 9.76. The van der Waals surface area contributed by atoms with Crippen LogP contribution < -0.4 is 10.1 Å². The molecule has 202 valence electrons. The van der Waals surface area contributed by atoms with Gasteiger partial charge in [0.2, 0.25) is 0 Å². The minimum absolute atomic E-state index is 0.309. The van der Waals surface area contributed by atoms with Gasteiger partial charge < -0.3 is 15.0 Å². The third-order valence-electron chi connectivity index (χ3n) is 7.05. The molecule has 3 heterocycles. The molecule has 5 rings (SSSR count). The molecule has 0 aliphatic carbocycles. The van der Waals surface area contributed by atoms with Crippen molar-refractivity contribution in [1.29, 1.82) is 0 Å². The van der Waals surface area contributed by atoms with Gasteiger partial charge in [-0.05, 0) is 43.3 Å². The molecule has 1 aliphatic rings. The van der Waals surface area contributed by atoms with Crippen LogP contribution in [0.3, 0.4) is 0 Å². The number of benzene rings is 2. The molecule has 0 radical (unpaired) electrons. The number of aromatic nitrogens is 3. The summed E-state index contributed by atoms with van der Waals surface area (Å²) in [6, 6.07) is 8.90. The molecule has 0 unspecified atom stereocenters. The van der Waals surface area contributed by atoms with E-state index >= 15 is 0 Å². The number of carbonyl (C=O) groups excluding carboxylic acids is 1. The van der Waals surface area contributed by atoms with E-state index in [1.54, 1.807) is 50.0 Å². The van der Waals surface area contributed by atoms with E-state index in [9.17, 15) is 4.79 Å². The summed E-state index contributed by atoms with van der Waals surface area (Å²) in [5.74, 6) is 0.203. The number of fused-ring (bicyclic) bond motifs is 1. The Kier molecular flexibility index (Phi) is 8.28. The Morgan fingerprint density at radius 1 is 1.05 bits per heavy atom. The molecule has 2 aromatic heterocycles. The summed E-state index contributed by atoms with van der Waals surface area (Å²) in [6.07, 6.45) is 4.99. The number of pyridine rings is 1. The van der Waals surface area contributed by atoms with Gasteiger partial charge in [-0.15, -0.1) is 0 Å². The maximum absolute atomic E-state index is 13.3. The molecule has 10 heteroatoms. The topological polar surface area (TPSA) is 83.5 Å². The number of amides is 1. The number of halogens is 2. The zero-order valence-electron chi connectivity index (χ0n) is 22.2. The van der Waals surface area contributed by atoms with Gasteiger partial charge in [0, 0.05) is 50.0 Å². The molecular formula is C29H30Cl2N6O2. The van der Waals surface area contributed by atoms with Crippen LogP contribution in [0.15, 0.2) is 48.9 Å². The van der Waals surface area contributed by atoms with Crippen molar-refractivity contribution in [1.82, 2.24) is 24.8 Å². The van der Waals surface area contributed by atoms with Crippen LogP contribution in [0.5, 0.6) is 5.75 Å². The summed E-state index contributed by atoms with van der Waals surface area (Å²) in [4.78, 5) is 32.0. The fourth-order valence-electron chi connectivity index (χ4n) is 4.85. The number of nitrogens with one attached hydrogen (secondary N) is 1. The lowest BCUT2D eigenvalue weighted by Crippen LogP contribution is -2.45. The summed E-state index contributed by atoms with van der Waals surface area (Å²) in [7, 11) is 1.57. The normalized spacial score (nSPS) is 14.5. The summed E-state index contributed by atoms with van der Waals surface area (Å²) >= 11 is 13.6. The molecule has 0 spiro atoms. The summed E-state index contributed by atoms with van der Waals surface area (Å²) < 4.78 is 5.52. The number of aryl methyl sites for hydroxylation is 1. The average Bonchev–Trinajstić information content (AvgIpc) is 2.96. The first-order chi connectivity index (χ1) is 18.9. The molecule has 1 saturated heterocycles. The minimum Gasteiger partial charge on any atom is -0.495 e. The van der Waals surface area contributed by atoms with Crippen LogP contribution >= 0.6 is 23.2 Å². The van der Waals surface area contributed by atoms with Crippen LogP contribution in [0.2, 0.25) is 10.0 Å². The fourth-order valence-corrected chi connectivity index (χ4v) is 5.48. The zero-order chi connectivity index (χ0) is 27.5.